The maximum atomic E-state index is 12.7. The van der Waals surface area contributed by atoms with Crippen molar-refractivity contribution < 1.29 is 23.9 Å². The van der Waals surface area contributed by atoms with Crippen molar-refractivity contribution in [3.05, 3.63) is 114 Å². The fourth-order valence-corrected chi connectivity index (χ4v) is 7.54. The normalized spacial score (nSPS) is 13.3. The molecule has 2 heterocycles. The predicted molar refractivity (Wildman–Crippen MR) is 210 cm³/mol. The van der Waals surface area contributed by atoms with Crippen molar-refractivity contribution in [3.63, 3.8) is 0 Å². The molecule has 0 fully saturated rings. The number of ketones is 1. The minimum absolute atomic E-state index is 0.0516. The highest BCUT2D eigenvalue weighted by atomic mass is 79.9. The van der Waals surface area contributed by atoms with Crippen molar-refractivity contribution in [2.45, 2.75) is 59.7 Å². The van der Waals surface area contributed by atoms with E-state index in [1.165, 1.54) is 29.2 Å². The molecule has 0 atom stereocenters. The van der Waals surface area contributed by atoms with Crippen LogP contribution < -0.4 is 30.7 Å². The summed E-state index contributed by atoms with van der Waals surface area (Å²) in [6.07, 6.45) is 1.89. The Hall–Kier alpha value is -3.74. The number of benzene rings is 4. The molecule has 4 N–H and O–H groups in total. The Labute approximate surface area is 320 Å². The average Bonchev–Trinajstić information content (AvgIpc) is 3.09. The van der Waals surface area contributed by atoms with Crippen molar-refractivity contribution in [2.24, 2.45) is 0 Å². The molecule has 6 rings (SSSR count). The predicted octanol–water partition coefficient (Wildman–Crippen LogP) is 8.74. The van der Waals surface area contributed by atoms with Crippen molar-refractivity contribution in [1.82, 2.24) is 10.6 Å². The van der Waals surface area contributed by atoms with Crippen molar-refractivity contribution in [2.75, 3.05) is 30.3 Å². The van der Waals surface area contributed by atoms with Gasteiger partial charge in [0.05, 0.1) is 23.3 Å². The van der Waals surface area contributed by atoms with E-state index in [0.717, 1.165) is 59.3 Å². The third-order valence-corrected chi connectivity index (χ3v) is 10.0. The lowest BCUT2D eigenvalue weighted by molar-refractivity contribution is 0.100. The molecule has 0 spiro atoms. The Bertz CT molecular complexity index is 1950. The highest BCUT2D eigenvalue weighted by molar-refractivity contribution is 9.10. The van der Waals surface area contributed by atoms with Gasteiger partial charge in [-0.1, -0.05) is 43.5 Å². The zero-order valence-electron chi connectivity index (χ0n) is 29.0. The van der Waals surface area contributed by atoms with Crippen LogP contribution in [0.2, 0.25) is 5.02 Å². The van der Waals surface area contributed by atoms with Crippen molar-refractivity contribution in [3.8, 4) is 11.5 Å². The Morgan fingerprint density at radius 2 is 1.29 bits per heavy atom. The number of ether oxygens (including phenoxy) is 2. The summed E-state index contributed by atoms with van der Waals surface area (Å²) in [7, 11) is 0. The molecule has 0 unspecified atom stereocenters. The van der Waals surface area contributed by atoms with Crippen LogP contribution in [0.5, 0.6) is 11.5 Å². The van der Waals surface area contributed by atoms with Crippen LogP contribution in [0, 0.1) is 0 Å². The minimum atomic E-state index is -0.260. The zero-order chi connectivity index (χ0) is 36.7. The van der Waals surface area contributed by atoms with Crippen LogP contribution in [0.4, 0.5) is 11.4 Å². The third-order valence-electron chi connectivity index (χ3n) is 8.30. The van der Waals surface area contributed by atoms with Crippen LogP contribution in [-0.4, -0.2) is 43.4 Å². The maximum Gasteiger partial charge on any atom is 0.255 e. The number of nitrogens with one attached hydrogen (secondary N) is 4. The number of halogens is 3. The summed E-state index contributed by atoms with van der Waals surface area (Å²) >= 11 is 13.4. The molecule has 2 aliphatic heterocycles. The summed E-state index contributed by atoms with van der Waals surface area (Å²) in [5.74, 6) is 0.484. The van der Waals surface area contributed by atoms with Crippen molar-refractivity contribution >= 4 is 72.4 Å². The van der Waals surface area contributed by atoms with Crippen molar-refractivity contribution in [1.29, 1.82) is 0 Å². The van der Waals surface area contributed by atoms with E-state index in [-0.39, 0.29) is 23.7 Å². The highest BCUT2D eigenvalue weighted by Crippen LogP contribution is 2.31. The summed E-state index contributed by atoms with van der Waals surface area (Å²) in [4.78, 5) is 37.1. The second-order valence-electron chi connectivity index (χ2n) is 12.5. The highest BCUT2D eigenvalue weighted by Gasteiger charge is 2.18. The summed E-state index contributed by atoms with van der Waals surface area (Å²) in [6, 6.07) is 17.9. The second-order valence-corrected chi connectivity index (χ2v) is 14.6. The Morgan fingerprint density at radius 3 is 1.76 bits per heavy atom. The first-order chi connectivity index (χ1) is 24.4. The number of amides is 2. The number of carbonyl (C=O) groups excluding carboxylic acids is 3. The molecule has 12 heteroatoms. The molecule has 2 aliphatic rings. The number of anilines is 2. The molecule has 268 valence electrons. The molecule has 0 saturated heterocycles. The third kappa shape index (κ3) is 9.99. The lowest BCUT2D eigenvalue weighted by Gasteiger charge is -2.20. The Kier molecular flexibility index (Phi) is 13.3. The zero-order valence-corrected chi connectivity index (χ0v) is 32.9. The molecule has 0 radical (unpaired) electrons. The number of hydrogen-bond acceptors (Lipinski definition) is 7. The largest absolute Gasteiger partial charge is 0.492 e. The Balaban J connectivity index is 0.000000199. The van der Waals surface area contributed by atoms with E-state index in [0.29, 0.717) is 39.8 Å². The standard InChI is InChI=1S/C21H23BrN2O3.C18H18BrClN2O2/c1-12(2)27-20-5-4-14(9-18(20)13(3)25)21(26)24-16-8-15-11-23-7-6-17(15)19(22)10-16;1-2-24-17-4-3-11(8-16(17)20)18(23)22-13-7-12-10-21-6-5-14(12)15(19)9-13/h4-5,8-10,12,23H,6-7,11H2,1-3H3,(H,24,26);3-4,7-9,21H,2,5-6,10H2,1H3,(H,22,23). The second kappa shape index (κ2) is 17.7. The van der Waals surface area contributed by atoms with Gasteiger partial charge in [0.15, 0.2) is 5.78 Å². The monoisotopic (exact) mass is 838 g/mol. The molecule has 4 aromatic carbocycles. The number of hydrogen-bond donors (Lipinski definition) is 4. The average molecular weight is 841 g/mol. The van der Waals surface area contributed by atoms with Gasteiger partial charge in [-0.25, -0.2) is 0 Å². The van der Waals surface area contributed by atoms with Crippen LogP contribution in [0.25, 0.3) is 0 Å². The molecular weight excluding hydrogens is 800 g/mol. The van der Waals surface area contributed by atoms with Crippen LogP contribution in [0.1, 0.15) is 81.0 Å². The first-order valence-corrected chi connectivity index (χ1v) is 18.8. The number of carbonyl (C=O) groups is 3. The van der Waals surface area contributed by atoms with E-state index in [4.69, 9.17) is 21.1 Å². The molecule has 0 saturated carbocycles. The molecule has 0 bridgehead atoms. The number of rotatable bonds is 9. The van der Waals surface area contributed by atoms with Gasteiger partial charge in [0, 0.05) is 44.5 Å². The molecule has 0 aromatic heterocycles. The van der Waals surface area contributed by atoms with Gasteiger partial charge in [0.1, 0.15) is 11.5 Å². The van der Waals surface area contributed by atoms with Crippen LogP contribution >= 0.6 is 43.5 Å². The lowest BCUT2D eigenvalue weighted by atomic mass is 10.0. The number of Topliss-reactive ketones (excluding diaryl/α,β-unsaturated/α-hetero) is 1. The molecule has 4 aromatic rings. The van der Waals surface area contributed by atoms with E-state index < -0.39 is 0 Å². The molecule has 9 nitrogen and oxygen atoms in total. The van der Waals surface area contributed by atoms with Gasteiger partial charge in [0.25, 0.3) is 11.8 Å². The first kappa shape index (κ1) is 38.5. The SMILES string of the molecule is CC(=O)c1cc(C(=O)Nc2cc(Br)c3c(c2)CNCC3)ccc1OC(C)C.CCOc1ccc(C(=O)Nc2cc(Br)c3c(c2)CNCC3)cc1Cl. The number of fused-ring (bicyclic) bond motifs is 2. The van der Waals surface area contributed by atoms with Crippen LogP contribution in [0.3, 0.4) is 0 Å². The van der Waals surface area contributed by atoms with Gasteiger partial charge in [-0.15, -0.1) is 0 Å². The molecule has 2 amide bonds. The van der Waals surface area contributed by atoms with Gasteiger partial charge < -0.3 is 30.7 Å². The van der Waals surface area contributed by atoms with Gasteiger partial charge in [-0.05, 0) is 137 Å². The summed E-state index contributed by atoms with van der Waals surface area (Å²) in [6.45, 7) is 11.2. The van der Waals surface area contributed by atoms with E-state index in [1.54, 1.807) is 36.4 Å². The quantitative estimate of drug-likeness (QED) is 0.125. The van der Waals surface area contributed by atoms with E-state index in [2.05, 4.69) is 53.1 Å². The fourth-order valence-electron chi connectivity index (χ4n) is 5.90. The fraction of sp³-hybridized carbons (Fsp3) is 0.308. The van der Waals surface area contributed by atoms with Gasteiger partial charge >= 0.3 is 0 Å². The van der Waals surface area contributed by atoms with Gasteiger partial charge in [-0.3, -0.25) is 14.4 Å². The lowest BCUT2D eigenvalue weighted by Crippen LogP contribution is -2.24. The smallest absolute Gasteiger partial charge is 0.255 e. The van der Waals surface area contributed by atoms with Crippen LogP contribution in [-0.2, 0) is 25.9 Å². The Morgan fingerprint density at radius 1 is 0.784 bits per heavy atom. The first-order valence-electron chi connectivity index (χ1n) is 16.8. The topological polar surface area (TPSA) is 118 Å². The molecule has 51 heavy (non-hydrogen) atoms. The molecule has 0 aliphatic carbocycles. The molecular formula is C39H41Br2ClN4O5. The maximum absolute atomic E-state index is 12.7. The van der Waals surface area contributed by atoms with Gasteiger partial charge in [0.2, 0.25) is 0 Å². The summed E-state index contributed by atoms with van der Waals surface area (Å²) < 4.78 is 13.1. The van der Waals surface area contributed by atoms with Crippen LogP contribution in [0.15, 0.2) is 69.6 Å². The summed E-state index contributed by atoms with van der Waals surface area (Å²) in [5.41, 5.74) is 7.77. The van der Waals surface area contributed by atoms with E-state index in [9.17, 15) is 14.4 Å². The summed E-state index contributed by atoms with van der Waals surface area (Å²) in [5, 5.41) is 13.0. The van der Waals surface area contributed by atoms with E-state index >= 15 is 0 Å². The van der Waals surface area contributed by atoms with Gasteiger partial charge in [-0.2, -0.15) is 0 Å². The van der Waals surface area contributed by atoms with E-state index in [1.807, 2.05) is 45.0 Å². The minimum Gasteiger partial charge on any atom is -0.492 e.